The highest BCUT2D eigenvalue weighted by Gasteiger charge is 2.31. The SMILES string of the molecule is C=C1C[C@@H](OC)[C@H](OC)O[C@@H]1C. The van der Waals surface area contributed by atoms with Gasteiger partial charge in [-0.15, -0.1) is 0 Å². The monoisotopic (exact) mass is 172 g/mol. The van der Waals surface area contributed by atoms with Crippen LogP contribution in [0.15, 0.2) is 12.2 Å². The van der Waals surface area contributed by atoms with E-state index in [4.69, 9.17) is 14.2 Å². The number of rotatable bonds is 2. The van der Waals surface area contributed by atoms with Crippen LogP contribution in [-0.4, -0.2) is 32.7 Å². The predicted molar refractivity (Wildman–Crippen MR) is 45.9 cm³/mol. The Balaban J connectivity index is 2.58. The summed E-state index contributed by atoms with van der Waals surface area (Å²) in [6, 6.07) is 0. The summed E-state index contributed by atoms with van der Waals surface area (Å²) < 4.78 is 15.8. The molecule has 0 aliphatic carbocycles. The van der Waals surface area contributed by atoms with Crippen LogP contribution in [-0.2, 0) is 14.2 Å². The van der Waals surface area contributed by atoms with Crippen molar-refractivity contribution in [3.8, 4) is 0 Å². The molecular formula is C9H16O3. The fraction of sp³-hybridized carbons (Fsp3) is 0.778. The van der Waals surface area contributed by atoms with Gasteiger partial charge in [-0.1, -0.05) is 6.58 Å². The lowest BCUT2D eigenvalue weighted by Gasteiger charge is -2.34. The summed E-state index contributed by atoms with van der Waals surface area (Å²) in [5.74, 6) is 0. The Morgan fingerprint density at radius 1 is 1.42 bits per heavy atom. The first-order valence-corrected chi connectivity index (χ1v) is 4.07. The maximum atomic E-state index is 5.50. The average molecular weight is 172 g/mol. The Morgan fingerprint density at radius 2 is 2.08 bits per heavy atom. The third kappa shape index (κ3) is 1.86. The minimum atomic E-state index is -0.254. The molecule has 0 amide bonds. The topological polar surface area (TPSA) is 27.7 Å². The maximum absolute atomic E-state index is 5.50. The molecule has 12 heavy (non-hydrogen) atoms. The van der Waals surface area contributed by atoms with E-state index >= 15 is 0 Å². The van der Waals surface area contributed by atoms with Crippen LogP contribution >= 0.6 is 0 Å². The first kappa shape index (κ1) is 9.71. The van der Waals surface area contributed by atoms with E-state index in [1.54, 1.807) is 14.2 Å². The van der Waals surface area contributed by atoms with Crippen molar-refractivity contribution in [1.82, 2.24) is 0 Å². The van der Waals surface area contributed by atoms with Crippen LogP contribution in [0.25, 0.3) is 0 Å². The second-order valence-electron chi connectivity index (χ2n) is 3.02. The Bertz CT molecular complexity index is 167. The van der Waals surface area contributed by atoms with Crippen LogP contribution in [0.2, 0.25) is 0 Å². The zero-order valence-corrected chi connectivity index (χ0v) is 7.87. The molecule has 0 saturated carbocycles. The molecule has 0 bridgehead atoms. The first-order chi connectivity index (χ1) is 5.69. The maximum Gasteiger partial charge on any atom is 0.184 e. The fourth-order valence-corrected chi connectivity index (χ4v) is 1.31. The lowest BCUT2D eigenvalue weighted by Crippen LogP contribution is -2.41. The summed E-state index contributed by atoms with van der Waals surface area (Å²) in [7, 11) is 3.28. The van der Waals surface area contributed by atoms with Gasteiger partial charge in [-0.05, 0) is 12.5 Å². The molecule has 3 nitrogen and oxygen atoms in total. The van der Waals surface area contributed by atoms with Gasteiger partial charge in [0.2, 0.25) is 0 Å². The van der Waals surface area contributed by atoms with E-state index < -0.39 is 0 Å². The second-order valence-corrected chi connectivity index (χ2v) is 3.02. The van der Waals surface area contributed by atoms with Crippen molar-refractivity contribution in [1.29, 1.82) is 0 Å². The third-order valence-electron chi connectivity index (χ3n) is 2.22. The highest BCUT2D eigenvalue weighted by molar-refractivity contribution is 5.06. The number of methoxy groups -OCH3 is 2. The fourth-order valence-electron chi connectivity index (χ4n) is 1.31. The van der Waals surface area contributed by atoms with Crippen molar-refractivity contribution in [3.63, 3.8) is 0 Å². The molecule has 0 radical (unpaired) electrons. The molecule has 3 atom stereocenters. The number of hydrogen-bond acceptors (Lipinski definition) is 3. The van der Waals surface area contributed by atoms with Crippen molar-refractivity contribution < 1.29 is 14.2 Å². The largest absolute Gasteiger partial charge is 0.376 e. The summed E-state index contributed by atoms with van der Waals surface area (Å²) in [6.07, 6.45) is 0.617. The van der Waals surface area contributed by atoms with Crippen LogP contribution < -0.4 is 0 Å². The number of hydrogen-bond donors (Lipinski definition) is 0. The standard InChI is InChI=1S/C9H16O3/c1-6-5-8(10-3)9(11-4)12-7(6)2/h7-9H,1,5H2,2-4H3/t7-,8-,9-/m1/s1. The van der Waals surface area contributed by atoms with Crippen molar-refractivity contribution in [2.75, 3.05) is 14.2 Å². The molecular weight excluding hydrogens is 156 g/mol. The van der Waals surface area contributed by atoms with Gasteiger partial charge in [0.25, 0.3) is 0 Å². The lowest BCUT2D eigenvalue weighted by atomic mass is 10.0. The van der Waals surface area contributed by atoms with Gasteiger partial charge in [0, 0.05) is 20.6 Å². The van der Waals surface area contributed by atoms with Crippen LogP contribution in [0.3, 0.4) is 0 Å². The van der Waals surface area contributed by atoms with E-state index in [1.807, 2.05) is 6.92 Å². The second kappa shape index (κ2) is 4.03. The molecule has 1 heterocycles. The lowest BCUT2D eigenvalue weighted by molar-refractivity contribution is -0.216. The van der Waals surface area contributed by atoms with Gasteiger partial charge in [-0.2, -0.15) is 0 Å². The molecule has 1 rings (SSSR count). The quantitative estimate of drug-likeness (QED) is 0.588. The number of ether oxygens (including phenoxy) is 3. The summed E-state index contributed by atoms with van der Waals surface area (Å²) in [4.78, 5) is 0. The molecule has 0 spiro atoms. The van der Waals surface area contributed by atoms with Crippen molar-refractivity contribution >= 4 is 0 Å². The van der Waals surface area contributed by atoms with Crippen molar-refractivity contribution in [2.24, 2.45) is 0 Å². The normalized spacial score (nSPS) is 36.9. The first-order valence-electron chi connectivity index (χ1n) is 4.07. The molecule has 0 aromatic heterocycles. The van der Waals surface area contributed by atoms with E-state index in [-0.39, 0.29) is 18.5 Å². The predicted octanol–water partition coefficient (Wildman–Crippen LogP) is 1.34. The highest BCUT2D eigenvalue weighted by atomic mass is 16.7. The molecule has 1 saturated heterocycles. The van der Waals surface area contributed by atoms with Gasteiger partial charge in [0.05, 0.1) is 6.10 Å². The zero-order chi connectivity index (χ0) is 9.14. The van der Waals surface area contributed by atoms with E-state index in [0.29, 0.717) is 0 Å². The van der Waals surface area contributed by atoms with E-state index in [1.165, 1.54) is 0 Å². The molecule has 0 aromatic rings. The third-order valence-corrected chi connectivity index (χ3v) is 2.22. The van der Waals surface area contributed by atoms with Gasteiger partial charge in [0.1, 0.15) is 6.10 Å². The smallest absolute Gasteiger partial charge is 0.184 e. The molecule has 3 heteroatoms. The van der Waals surface area contributed by atoms with Gasteiger partial charge < -0.3 is 14.2 Å². The van der Waals surface area contributed by atoms with E-state index in [9.17, 15) is 0 Å². The molecule has 70 valence electrons. The van der Waals surface area contributed by atoms with E-state index in [0.717, 1.165) is 12.0 Å². The average Bonchev–Trinajstić information content (AvgIpc) is 2.09. The Hall–Kier alpha value is -0.380. The molecule has 0 aromatic carbocycles. The Morgan fingerprint density at radius 3 is 2.58 bits per heavy atom. The van der Waals surface area contributed by atoms with Crippen LogP contribution in [0.4, 0.5) is 0 Å². The zero-order valence-electron chi connectivity index (χ0n) is 7.87. The van der Waals surface area contributed by atoms with Crippen molar-refractivity contribution in [2.45, 2.75) is 31.8 Å². The molecule has 1 fully saturated rings. The highest BCUT2D eigenvalue weighted by Crippen LogP contribution is 2.25. The molecule has 0 unspecified atom stereocenters. The summed E-state index contributed by atoms with van der Waals surface area (Å²) in [5.41, 5.74) is 1.06. The van der Waals surface area contributed by atoms with Crippen LogP contribution in [0.5, 0.6) is 0 Å². The van der Waals surface area contributed by atoms with Crippen LogP contribution in [0, 0.1) is 0 Å². The van der Waals surface area contributed by atoms with Gasteiger partial charge in [-0.3, -0.25) is 0 Å². The summed E-state index contributed by atoms with van der Waals surface area (Å²) in [5, 5.41) is 0. The van der Waals surface area contributed by atoms with Gasteiger partial charge in [-0.25, -0.2) is 0 Å². The molecule has 1 aliphatic rings. The van der Waals surface area contributed by atoms with Gasteiger partial charge in [0.15, 0.2) is 6.29 Å². The van der Waals surface area contributed by atoms with Crippen LogP contribution in [0.1, 0.15) is 13.3 Å². The minimum Gasteiger partial charge on any atom is -0.376 e. The summed E-state index contributed by atoms with van der Waals surface area (Å²) in [6.45, 7) is 5.87. The minimum absolute atomic E-state index is 0.0151. The van der Waals surface area contributed by atoms with Crippen molar-refractivity contribution in [3.05, 3.63) is 12.2 Å². The molecule has 0 N–H and O–H groups in total. The Labute approximate surface area is 73.3 Å². The summed E-state index contributed by atoms with van der Waals surface area (Å²) >= 11 is 0. The Kier molecular flexibility index (Phi) is 3.26. The van der Waals surface area contributed by atoms with E-state index in [2.05, 4.69) is 6.58 Å². The van der Waals surface area contributed by atoms with Gasteiger partial charge >= 0.3 is 0 Å². The molecule has 1 aliphatic heterocycles.